The molecule has 0 fully saturated rings. The van der Waals surface area contributed by atoms with E-state index < -0.39 is 0 Å². The number of allylic oxidation sites excluding steroid dienone is 1. The molecule has 0 bridgehead atoms. The molecule has 0 rings (SSSR count). The van der Waals surface area contributed by atoms with Crippen molar-refractivity contribution in [2.45, 2.75) is 27.7 Å². The summed E-state index contributed by atoms with van der Waals surface area (Å²) in [6.07, 6.45) is 0. The maximum atomic E-state index is 4.26. The summed E-state index contributed by atoms with van der Waals surface area (Å²) in [5, 5.41) is 0. The molecular formula is C8H15NS. The van der Waals surface area contributed by atoms with Gasteiger partial charge in [0.1, 0.15) is 0 Å². The fourth-order valence-electron chi connectivity index (χ4n) is 0.255. The van der Waals surface area contributed by atoms with Crippen LogP contribution in [0.4, 0.5) is 0 Å². The SMILES string of the molecule is C=C(C)SN=C(C)C(C)C. The Balaban J connectivity index is 3.80. The van der Waals surface area contributed by atoms with E-state index in [1.807, 2.05) is 13.8 Å². The average molecular weight is 157 g/mol. The molecule has 0 atom stereocenters. The highest BCUT2D eigenvalue weighted by molar-refractivity contribution is 8.01. The fraction of sp³-hybridized carbons (Fsp3) is 0.625. The Morgan fingerprint density at radius 2 is 1.90 bits per heavy atom. The standard InChI is InChI=1S/C8H15NS/c1-6(2)8(5)9-10-7(3)4/h6H,3H2,1-2,4-5H3. The van der Waals surface area contributed by atoms with Gasteiger partial charge in [-0.3, -0.25) is 0 Å². The summed E-state index contributed by atoms with van der Waals surface area (Å²) in [5.74, 6) is 0.548. The Kier molecular flexibility index (Phi) is 4.45. The lowest BCUT2D eigenvalue weighted by Gasteiger charge is -2.01. The summed E-state index contributed by atoms with van der Waals surface area (Å²) in [7, 11) is 0. The third-order valence-electron chi connectivity index (χ3n) is 1.18. The number of hydrogen-bond acceptors (Lipinski definition) is 2. The summed E-state index contributed by atoms with van der Waals surface area (Å²) >= 11 is 1.46. The van der Waals surface area contributed by atoms with Crippen molar-refractivity contribution in [2.24, 2.45) is 10.3 Å². The molecule has 0 radical (unpaired) electrons. The molecule has 0 amide bonds. The highest BCUT2D eigenvalue weighted by Crippen LogP contribution is 2.14. The number of hydrogen-bond donors (Lipinski definition) is 0. The minimum absolute atomic E-state index is 0.548. The zero-order valence-corrected chi connectivity index (χ0v) is 7.96. The lowest BCUT2D eigenvalue weighted by atomic mass is 10.1. The molecule has 0 aromatic heterocycles. The molecule has 0 N–H and O–H groups in total. The molecule has 0 aliphatic heterocycles. The molecule has 10 heavy (non-hydrogen) atoms. The summed E-state index contributed by atoms with van der Waals surface area (Å²) in [5.41, 5.74) is 1.17. The van der Waals surface area contributed by atoms with Gasteiger partial charge in [-0.1, -0.05) is 20.4 Å². The lowest BCUT2D eigenvalue weighted by molar-refractivity contribution is 0.882. The van der Waals surface area contributed by atoms with E-state index in [2.05, 4.69) is 24.8 Å². The molecule has 0 aromatic carbocycles. The molecule has 58 valence electrons. The highest BCUT2D eigenvalue weighted by Gasteiger charge is 1.96. The van der Waals surface area contributed by atoms with Crippen molar-refractivity contribution in [1.29, 1.82) is 0 Å². The Bertz CT molecular complexity index is 147. The van der Waals surface area contributed by atoms with Crippen LogP contribution < -0.4 is 0 Å². The zero-order chi connectivity index (χ0) is 8.15. The predicted octanol–water partition coefficient (Wildman–Crippen LogP) is 3.29. The second-order valence-corrected chi connectivity index (χ2v) is 3.74. The van der Waals surface area contributed by atoms with Crippen LogP contribution in [-0.2, 0) is 0 Å². The molecule has 1 nitrogen and oxygen atoms in total. The summed E-state index contributed by atoms with van der Waals surface area (Å²) in [6.45, 7) is 12.0. The topological polar surface area (TPSA) is 12.4 Å². The van der Waals surface area contributed by atoms with E-state index in [4.69, 9.17) is 0 Å². The molecule has 0 spiro atoms. The molecular weight excluding hydrogens is 142 g/mol. The molecule has 0 aromatic rings. The van der Waals surface area contributed by atoms with Gasteiger partial charge in [0.25, 0.3) is 0 Å². The Morgan fingerprint density at radius 1 is 1.40 bits per heavy atom. The fourth-order valence-corrected chi connectivity index (χ4v) is 0.766. The third kappa shape index (κ3) is 4.62. The van der Waals surface area contributed by atoms with Gasteiger partial charge in [0.05, 0.1) is 0 Å². The van der Waals surface area contributed by atoms with Crippen molar-refractivity contribution >= 4 is 17.7 Å². The Hall–Kier alpha value is -0.240. The van der Waals surface area contributed by atoms with E-state index in [1.54, 1.807) is 0 Å². The van der Waals surface area contributed by atoms with Gasteiger partial charge in [-0.05, 0) is 24.7 Å². The minimum atomic E-state index is 0.548. The Morgan fingerprint density at radius 3 is 2.20 bits per heavy atom. The van der Waals surface area contributed by atoms with Gasteiger partial charge in [-0.25, -0.2) is 4.40 Å². The van der Waals surface area contributed by atoms with Crippen LogP contribution in [0.2, 0.25) is 0 Å². The molecule has 2 heteroatoms. The summed E-state index contributed by atoms with van der Waals surface area (Å²) in [4.78, 5) is 1.04. The average Bonchev–Trinajstić information content (AvgIpc) is 1.82. The lowest BCUT2D eigenvalue weighted by Crippen LogP contribution is -1.99. The second kappa shape index (κ2) is 4.56. The van der Waals surface area contributed by atoms with Crippen molar-refractivity contribution < 1.29 is 0 Å². The van der Waals surface area contributed by atoms with Gasteiger partial charge in [0.2, 0.25) is 0 Å². The maximum Gasteiger partial charge on any atom is 0.0260 e. The zero-order valence-electron chi connectivity index (χ0n) is 7.14. The van der Waals surface area contributed by atoms with Crippen molar-refractivity contribution in [2.75, 3.05) is 0 Å². The highest BCUT2D eigenvalue weighted by atomic mass is 32.2. The molecule has 0 saturated carbocycles. The first-order chi connectivity index (χ1) is 4.54. The second-order valence-electron chi connectivity index (χ2n) is 2.68. The number of nitrogens with zero attached hydrogens (tertiary/aromatic N) is 1. The molecule has 0 aliphatic carbocycles. The van der Waals surface area contributed by atoms with E-state index in [9.17, 15) is 0 Å². The van der Waals surface area contributed by atoms with Crippen molar-refractivity contribution in [3.63, 3.8) is 0 Å². The molecule has 0 saturated heterocycles. The Labute approximate surface area is 67.8 Å². The molecule has 0 aliphatic rings. The van der Waals surface area contributed by atoms with Gasteiger partial charge < -0.3 is 0 Å². The van der Waals surface area contributed by atoms with E-state index in [0.29, 0.717) is 5.92 Å². The van der Waals surface area contributed by atoms with E-state index in [0.717, 1.165) is 4.91 Å². The number of rotatable bonds is 3. The van der Waals surface area contributed by atoms with Crippen LogP contribution in [0.5, 0.6) is 0 Å². The van der Waals surface area contributed by atoms with Gasteiger partial charge in [-0.2, -0.15) is 0 Å². The van der Waals surface area contributed by atoms with E-state index >= 15 is 0 Å². The van der Waals surface area contributed by atoms with Gasteiger partial charge in [-0.15, -0.1) is 0 Å². The van der Waals surface area contributed by atoms with Gasteiger partial charge >= 0.3 is 0 Å². The van der Waals surface area contributed by atoms with Crippen LogP contribution in [0.15, 0.2) is 15.9 Å². The van der Waals surface area contributed by atoms with Crippen molar-refractivity contribution in [1.82, 2.24) is 0 Å². The maximum absolute atomic E-state index is 4.26. The van der Waals surface area contributed by atoms with Gasteiger partial charge in [0, 0.05) is 17.7 Å². The molecule has 0 unspecified atom stereocenters. The van der Waals surface area contributed by atoms with Crippen LogP contribution in [-0.4, -0.2) is 5.71 Å². The summed E-state index contributed by atoms with van der Waals surface area (Å²) in [6, 6.07) is 0. The van der Waals surface area contributed by atoms with Crippen molar-refractivity contribution in [3.8, 4) is 0 Å². The van der Waals surface area contributed by atoms with Gasteiger partial charge in [0.15, 0.2) is 0 Å². The summed E-state index contributed by atoms with van der Waals surface area (Å²) < 4.78 is 4.26. The largest absolute Gasteiger partial charge is 0.221 e. The minimum Gasteiger partial charge on any atom is -0.221 e. The monoisotopic (exact) mass is 157 g/mol. The first-order valence-corrected chi connectivity index (χ1v) is 4.18. The normalized spacial score (nSPS) is 12.3. The predicted molar refractivity (Wildman–Crippen MR) is 50.4 cm³/mol. The van der Waals surface area contributed by atoms with Crippen LogP contribution in [0.25, 0.3) is 0 Å². The van der Waals surface area contributed by atoms with Crippen molar-refractivity contribution in [3.05, 3.63) is 11.5 Å². The first-order valence-electron chi connectivity index (χ1n) is 3.41. The van der Waals surface area contributed by atoms with E-state index in [-0.39, 0.29) is 0 Å². The first kappa shape index (κ1) is 9.76. The van der Waals surface area contributed by atoms with Crippen LogP contribution in [0.3, 0.4) is 0 Å². The van der Waals surface area contributed by atoms with E-state index in [1.165, 1.54) is 17.7 Å². The quantitative estimate of drug-likeness (QED) is 0.452. The van der Waals surface area contributed by atoms with Crippen LogP contribution in [0, 0.1) is 5.92 Å². The third-order valence-corrected chi connectivity index (χ3v) is 1.87. The smallest absolute Gasteiger partial charge is 0.0260 e. The van der Waals surface area contributed by atoms with Crippen LogP contribution in [0.1, 0.15) is 27.7 Å². The van der Waals surface area contributed by atoms with Crippen LogP contribution >= 0.6 is 11.9 Å². The molecule has 0 heterocycles.